The fourth-order valence-electron chi connectivity index (χ4n) is 2.29. The standard InChI is InChI=1S/C13H16N2O3/c1-2-18-9-5-3-8(4-6-9)10-7-13(10,11(14)16)12(15)17/h3-6,10H,2,7H2,1H3,(H2,14,16)(H2,15,17). The van der Waals surface area contributed by atoms with E-state index in [1.54, 1.807) is 0 Å². The Hall–Kier alpha value is -2.04. The lowest BCUT2D eigenvalue weighted by atomic mass is 9.97. The normalized spacial score (nSPS) is 20.2. The third-order valence-corrected chi connectivity index (χ3v) is 3.43. The van der Waals surface area contributed by atoms with Crippen molar-refractivity contribution >= 4 is 11.8 Å². The van der Waals surface area contributed by atoms with Gasteiger partial charge in [-0.1, -0.05) is 12.1 Å². The lowest BCUT2D eigenvalue weighted by molar-refractivity contribution is -0.133. The number of carbonyl (C=O) groups is 2. The van der Waals surface area contributed by atoms with Gasteiger partial charge in [0.15, 0.2) is 0 Å². The molecule has 5 heteroatoms. The Morgan fingerprint density at radius 3 is 2.22 bits per heavy atom. The Kier molecular flexibility index (Phi) is 2.98. The van der Waals surface area contributed by atoms with E-state index < -0.39 is 17.2 Å². The predicted molar refractivity (Wildman–Crippen MR) is 65.8 cm³/mol. The van der Waals surface area contributed by atoms with Crippen LogP contribution >= 0.6 is 0 Å². The molecule has 0 aliphatic heterocycles. The lowest BCUT2D eigenvalue weighted by Gasteiger charge is -2.09. The Labute approximate surface area is 105 Å². The molecule has 0 aromatic heterocycles. The highest BCUT2D eigenvalue weighted by atomic mass is 16.5. The van der Waals surface area contributed by atoms with Gasteiger partial charge in [-0.15, -0.1) is 0 Å². The zero-order valence-corrected chi connectivity index (χ0v) is 10.2. The van der Waals surface area contributed by atoms with Crippen molar-refractivity contribution in [2.45, 2.75) is 19.3 Å². The minimum Gasteiger partial charge on any atom is -0.494 e. The summed E-state index contributed by atoms with van der Waals surface area (Å²) < 4.78 is 5.32. The summed E-state index contributed by atoms with van der Waals surface area (Å²) in [5, 5.41) is 0. The maximum Gasteiger partial charge on any atom is 0.233 e. The second kappa shape index (κ2) is 4.33. The topological polar surface area (TPSA) is 95.4 Å². The van der Waals surface area contributed by atoms with Gasteiger partial charge >= 0.3 is 0 Å². The molecule has 1 atom stereocenters. The molecule has 0 heterocycles. The molecule has 0 radical (unpaired) electrons. The van der Waals surface area contributed by atoms with Crippen molar-refractivity contribution in [1.29, 1.82) is 0 Å². The molecule has 2 rings (SSSR count). The van der Waals surface area contributed by atoms with E-state index in [-0.39, 0.29) is 5.92 Å². The Morgan fingerprint density at radius 2 is 1.83 bits per heavy atom. The average Bonchev–Trinajstić information content (AvgIpc) is 3.07. The largest absolute Gasteiger partial charge is 0.494 e. The number of hydrogen-bond acceptors (Lipinski definition) is 3. The third kappa shape index (κ3) is 1.81. The number of amides is 2. The van der Waals surface area contributed by atoms with Gasteiger partial charge in [-0.3, -0.25) is 9.59 Å². The van der Waals surface area contributed by atoms with Crippen LogP contribution in [0.15, 0.2) is 24.3 Å². The first-order chi connectivity index (χ1) is 8.52. The van der Waals surface area contributed by atoms with Gasteiger partial charge < -0.3 is 16.2 Å². The van der Waals surface area contributed by atoms with Crippen LogP contribution in [-0.2, 0) is 9.59 Å². The number of primary amides is 2. The molecular weight excluding hydrogens is 232 g/mol. The monoisotopic (exact) mass is 248 g/mol. The van der Waals surface area contributed by atoms with Crippen LogP contribution in [-0.4, -0.2) is 18.4 Å². The van der Waals surface area contributed by atoms with Crippen LogP contribution in [0, 0.1) is 5.41 Å². The average molecular weight is 248 g/mol. The van der Waals surface area contributed by atoms with Crippen molar-refractivity contribution in [3.63, 3.8) is 0 Å². The van der Waals surface area contributed by atoms with Gasteiger partial charge in [0, 0.05) is 5.92 Å². The molecule has 1 aliphatic rings. The van der Waals surface area contributed by atoms with Crippen LogP contribution in [0.5, 0.6) is 5.75 Å². The highest BCUT2D eigenvalue weighted by Gasteiger charge is 2.64. The molecule has 1 aromatic carbocycles. The first-order valence-electron chi connectivity index (χ1n) is 5.85. The third-order valence-electron chi connectivity index (χ3n) is 3.43. The van der Waals surface area contributed by atoms with Gasteiger partial charge in [-0.05, 0) is 31.0 Å². The van der Waals surface area contributed by atoms with Gasteiger partial charge in [0.1, 0.15) is 11.2 Å². The summed E-state index contributed by atoms with van der Waals surface area (Å²) in [6, 6.07) is 7.29. The maximum absolute atomic E-state index is 11.4. The van der Waals surface area contributed by atoms with Gasteiger partial charge in [-0.2, -0.15) is 0 Å². The number of hydrogen-bond donors (Lipinski definition) is 2. The van der Waals surface area contributed by atoms with Crippen LogP contribution < -0.4 is 16.2 Å². The predicted octanol–water partition coefficient (Wildman–Crippen LogP) is 0.530. The van der Waals surface area contributed by atoms with Crippen molar-refractivity contribution in [2.24, 2.45) is 16.9 Å². The molecule has 1 aromatic rings. The van der Waals surface area contributed by atoms with E-state index in [1.807, 2.05) is 31.2 Å². The number of ether oxygens (including phenoxy) is 1. The fourth-order valence-corrected chi connectivity index (χ4v) is 2.29. The van der Waals surface area contributed by atoms with Gasteiger partial charge in [0.25, 0.3) is 0 Å². The Morgan fingerprint density at radius 1 is 1.28 bits per heavy atom. The van der Waals surface area contributed by atoms with Gasteiger partial charge in [0.2, 0.25) is 11.8 Å². The quantitative estimate of drug-likeness (QED) is 0.744. The SMILES string of the molecule is CCOc1ccc(C2CC2(C(N)=O)C(N)=O)cc1. The molecule has 5 nitrogen and oxygen atoms in total. The molecule has 4 N–H and O–H groups in total. The van der Waals surface area contributed by atoms with Gasteiger partial charge in [-0.25, -0.2) is 0 Å². The minimum atomic E-state index is -1.20. The van der Waals surface area contributed by atoms with E-state index >= 15 is 0 Å². The van der Waals surface area contributed by atoms with E-state index in [2.05, 4.69) is 0 Å². The zero-order valence-electron chi connectivity index (χ0n) is 10.2. The van der Waals surface area contributed by atoms with E-state index in [4.69, 9.17) is 16.2 Å². The van der Waals surface area contributed by atoms with Gasteiger partial charge in [0.05, 0.1) is 6.61 Å². The van der Waals surface area contributed by atoms with E-state index in [1.165, 1.54) is 0 Å². The second-order valence-electron chi connectivity index (χ2n) is 4.46. The molecule has 1 aliphatic carbocycles. The molecule has 18 heavy (non-hydrogen) atoms. The minimum absolute atomic E-state index is 0.205. The maximum atomic E-state index is 11.4. The van der Waals surface area contributed by atoms with Crippen molar-refractivity contribution in [3.05, 3.63) is 29.8 Å². The van der Waals surface area contributed by atoms with Crippen LogP contribution in [0.25, 0.3) is 0 Å². The Bertz CT molecular complexity index is 468. The molecular formula is C13H16N2O3. The molecule has 96 valence electrons. The molecule has 2 amide bonds. The summed E-state index contributed by atoms with van der Waals surface area (Å²) in [6.07, 6.45) is 0.394. The second-order valence-corrected chi connectivity index (χ2v) is 4.46. The lowest BCUT2D eigenvalue weighted by Crippen LogP contribution is -2.38. The zero-order chi connectivity index (χ0) is 13.3. The molecule has 0 bridgehead atoms. The number of benzene rings is 1. The smallest absolute Gasteiger partial charge is 0.233 e. The van der Waals surface area contributed by atoms with Crippen molar-refractivity contribution in [3.8, 4) is 5.75 Å². The number of rotatable bonds is 5. The molecule has 1 fully saturated rings. The number of nitrogens with two attached hydrogens (primary N) is 2. The molecule has 1 unspecified atom stereocenters. The number of carbonyl (C=O) groups excluding carboxylic acids is 2. The highest BCUT2D eigenvalue weighted by molar-refractivity contribution is 6.08. The van der Waals surface area contributed by atoms with Crippen LogP contribution in [0.1, 0.15) is 24.8 Å². The van der Waals surface area contributed by atoms with Crippen LogP contribution in [0.3, 0.4) is 0 Å². The summed E-state index contributed by atoms with van der Waals surface area (Å²) in [5.41, 5.74) is 10.2. The van der Waals surface area contributed by atoms with E-state index in [9.17, 15) is 9.59 Å². The Balaban J connectivity index is 2.20. The van der Waals surface area contributed by atoms with Crippen molar-refractivity contribution < 1.29 is 14.3 Å². The molecule has 0 spiro atoms. The summed E-state index contributed by atoms with van der Waals surface area (Å²) in [4.78, 5) is 22.7. The van der Waals surface area contributed by atoms with Crippen LogP contribution in [0.4, 0.5) is 0 Å². The molecule has 1 saturated carbocycles. The van der Waals surface area contributed by atoms with E-state index in [0.717, 1.165) is 11.3 Å². The first kappa shape index (κ1) is 12.4. The van der Waals surface area contributed by atoms with E-state index in [0.29, 0.717) is 13.0 Å². The van der Waals surface area contributed by atoms with Crippen molar-refractivity contribution in [1.82, 2.24) is 0 Å². The summed E-state index contributed by atoms with van der Waals surface area (Å²) in [5.74, 6) is -0.739. The first-order valence-corrected chi connectivity index (χ1v) is 5.85. The fraction of sp³-hybridized carbons (Fsp3) is 0.385. The summed E-state index contributed by atoms with van der Waals surface area (Å²) in [6.45, 7) is 2.50. The van der Waals surface area contributed by atoms with Crippen LogP contribution in [0.2, 0.25) is 0 Å². The van der Waals surface area contributed by atoms with Crippen molar-refractivity contribution in [2.75, 3.05) is 6.61 Å². The molecule has 0 saturated heterocycles. The summed E-state index contributed by atoms with van der Waals surface area (Å²) >= 11 is 0. The highest BCUT2D eigenvalue weighted by Crippen LogP contribution is 2.59. The summed E-state index contributed by atoms with van der Waals surface area (Å²) in [7, 11) is 0.